The predicted octanol–water partition coefficient (Wildman–Crippen LogP) is 2.52. The summed E-state index contributed by atoms with van der Waals surface area (Å²) in [6, 6.07) is 11.7. The highest BCUT2D eigenvalue weighted by Gasteiger charge is 2.01. The second-order valence-corrected chi connectivity index (χ2v) is 5.93. The third-order valence-corrected chi connectivity index (χ3v) is 3.79. The van der Waals surface area contributed by atoms with Crippen LogP contribution in [-0.4, -0.2) is 28.8 Å². The van der Waals surface area contributed by atoms with Crippen molar-refractivity contribution in [3.05, 3.63) is 52.8 Å². The van der Waals surface area contributed by atoms with Gasteiger partial charge in [-0.15, -0.1) is 0 Å². The van der Waals surface area contributed by atoms with Crippen LogP contribution in [-0.2, 0) is 13.1 Å². The molecule has 0 saturated heterocycles. The van der Waals surface area contributed by atoms with E-state index in [1.165, 1.54) is 5.69 Å². The second-order valence-electron chi connectivity index (χ2n) is 5.93. The number of aryl methyl sites for hydroxylation is 3. The van der Waals surface area contributed by atoms with E-state index in [0.29, 0.717) is 12.1 Å². The van der Waals surface area contributed by atoms with Gasteiger partial charge in [-0.25, -0.2) is 4.99 Å². The molecular weight excluding hydrogens is 312 g/mol. The van der Waals surface area contributed by atoms with E-state index in [1.54, 1.807) is 0 Å². The first-order valence-electron chi connectivity index (χ1n) is 8.64. The van der Waals surface area contributed by atoms with Crippen molar-refractivity contribution in [2.75, 3.05) is 13.1 Å². The summed E-state index contributed by atoms with van der Waals surface area (Å²) in [5.74, 6) is 0.806. The van der Waals surface area contributed by atoms with Gasteiger partial charge in [0.15, 0.2) is 5.96 Å². The number of hydrogen-bond donors (Lipinski definition) is 2. The molecule has 0 radical (unpaired) electrons. The standard InChI is InChI=1S/C19H26N6/c1-4-21-19(23-14-18-8-6-17(13-20)7-9-18)22-10-5-11-25-16(3)12-15(2)24-25/h6-9,12H,4-5,10-11,14H2,1-3H3,(H2,21,22,23). The molecule has 6 nitrogen and oxygen atoms in total. The molecule has 0 aliphatic heterocycles. The molecule has 25 heavy (non-hydrogen) atoms. The molecule has 0 aliphatic carbocycles. The van der Waals surface area contributed by atoms with Crippen molar-refractivity contribution >= 4 is 5.96 Å². The van der Waals surface area contributed by atoms with Crippen LogP contribution < -0.4 is 10.6 Å². The third-order valence-electron chi connectivity index (χ3n) is 3.79. The lowest BCUT2D eigenvalue weighted by Crippen LogP contribution is -2.38. The molecule has 1 aromatic heterocycles. The molecule has 0 saturated carbocycles. The average Bonchev–Trinajstić information content (AvgIpc) is 2.94. The lowest BCUT2D eigenvalue weighted by Gasteiger charge is -2.11. The van der Waals surface area contributed by atoms with E-state index in [-0.39, 0.29) is 0 Å². The molecule has 0 fully saturated rings. The summed E-state index contributed by atoms with van der Waals surface area (Å²) in [5.41, 5.74) is 4.00. The molecule has 0 spiro atoms. The smallest absolute Gasteiger partial charge is 0.191 e. The van der Waals surface area contributed by atoms with E-state index in [4.69, 9.17) is 5.26 Å². The van der Waals surface area contributed by atoms with Crippen LogP contribution in [0.15, 0.2) is 35.3 Å². The van der Waals surface area contributed by atoms with Crippen LogP contribution in [0.5, 0.6) is 0 Å². The Labute approximate surface area is 149 Å². The molecule has 132 valence electrons. The molecule has 6 heteroatoms. The summed E-state index contributed by atoms with van der Waals surface area (Å²) in [6.45, 7) is 9.26. The summed E-state index contributed by atoms with van der Waals surface area (Å²) in [6.07, 6.45) is 0.975. The van der Waals surface area contributed by atoms with Gasteiger partial charge >= 0.3 is 0 Å². The quantitative estimate of drug-likeness (QED) is 0.462. The Morgan fingerprint density at radius 1 is 1.24 bits per heavy atom. The molecule has 0 bridgehead atoms. The van der Waals surface area contributed by atoms with Crippen molar-refractivity contribution in [3.8, 4) is 6.07 Å². The summed E-state index contributed by atoms with van der Waals surface area (Å²) >= 11 is 0. The Bertz CT molecular complexity index is 736. The first kappa shape index (κ1) is 18.5. The number of nitrogens with zero attached hydrogens (tertiary/aromatic N) is 4. The largest absolute Gasteiger partial charge is 0.357 e. The number of nitriles is 1. The second kappa shape index (κ2) is 9.48. The molecule has 0 atom stereocenters. The van der Waals surface area contributed by atoms with E-state index in [9.17, 15) is 0 Å². The van der Waals surface area contributed by atoms with Gasteiger partial charge < -0.3 is 10.6 Å². The zero-order valence-electron chi connectivity index (χ0n) is 15.2. The van der Waals surface area contributed by atoms with E-state index >= 15 is 0 Å². The van der Waals surface area contributed by atoms with Gasteiger partial charge in [-0.3, -0.25) is 4.68 Å². The monoisotopic (exact) mass is 338 g/mol. The van der Waals surface area contributed by atoms with Gasteiger partial charge in [0.25, 0.3) is 0 Å². The van der Waals surface area contributed by atoms with Crippen LogP contribution in [0.2, 0.25) is 0 Å². The van der Waals surface area contributed by atoms with Gasteiger partial charge in [0.1, 0.15) is 0 Å². The number of benzene rings is 1. The van der Waals surface area contributed by atoms with Gasteiger partial charge in [-0.2, -0.15) is 10.4 Å². The first-order chi connectivity index (χ1) is 12.1. The van der Waals surface area contributed by atoms with Crippen LogP contribution in [0.3, 0.4) is 0 Å². The van der Waals surface area contributed by atoms with Gasteiger partial charge in [0.05, 0.1) is 23.9 Å². The predicted molar refractivity (Wildman–Crippen MR) is 100 cm³/mol. The average molecular weight is 338 g/mol. The lowest BCUT2D eigenvalue weighted by atomic mass is 10.1. The van der Waals surface area contributed by atoms with Crippen LogP contribution in [0.25, 0.3) is 0 Å². The number of aromatic nitrogens is 2. The van der Waals surface area contributed by atoms with Gasteiger partial charge in [-0.05, 0) is 51.0 Å². The third kappa shape index (κ3) is 5.96. The highest BCUT2D eigenvalue weighted by molar-refractivity contribution is 5.79. The molecule has 0 amide bonds. The Balaban J connectivity index is 1.82. The zero-order chi connectivity index (χ0) is 18.1. The number of hydrogen-bond acceptors (Lipinski definition) is 3. The van der Waals surface area contributed by atoms with Crippen LogP contribution >= 0.6 is 0 Å². The van der Waals surface area contributed by atoms with E-state index in [2.05, 4.69) is 46.7 Å². The lowest BCUT2D eigenvalue weighted by molar-refractivity contribution is 0.555. The summed E-state index contributed by atoms with van der Waals surface area (Å²) < 4.78 is 2.04. The van der Waals surface area contributed by atoms with Crippen molar-refractivity contribution in [3.63, 3.8) is 0 Å². The SMILES string of the molecule is CCNC(=NCc1ccc(C#N)cc1)NCCCn1nc(C)cc1C. The maximum atomic E-state index is 8.83. The highest BCUT2D eigenvalue weighted by Crippen LogP contribution is 2.05. The molecular formula is C19H26N6. The summed E-state index contributed by atoms with van der Waals surface area (Å²) in [4.78, 5) is 4.59. The summed E-state index contributed by atoms with van der Waals surface area (Å²) in [7, 11) is 0. The topological polar surface area (TPSA) is 78.0 Å². The molecule has 2 aromatic rings. The number of rotatable bonds is 7. The maximum absolute atomic E-state index is 8.83. The number of guanidine groups is 1. The Kier molecular flexibility index (Phi) is 7.02. The molecule has 0 aliphatic rings. The molecule has 2 rings (SSSR count). The Hall–Kier alpha value is -2.81. The van der Waals surface area contributed by atoms with E-state index < -0.39 is 0 Å². The van der Waals surface area contributed by atoms with Crippen LogP contribution in [0, 0.1) is 25.2 Å². The highest BCUT2D eigenvalue weighted by atomic mass is 15.3. The molecule has 0 unspecified atom stereocenters. The fourth-order valence-corrected chi connectivity index (χ4v) is 2.53. The van der Waals surface area contributed by atoms with E-state index in [1.807, 2.05) is 35.9 Å². The van der Waals surface area contributed by atoms with Crippen molar-refractivity contribution in [1.82, 2.24) is 20.4 Å². The van der Waals surface area contributed by atoms with Gasteiger partial charge in [-0.1, -0.05) is 12.1 Å². The number of aliphatic imine (C=N–C) groups is 1. The van der Waals surface area contributed by atoms with Crippen molar-refractivity contribution in [2.45, 2.75) is 40.3 Å². The zero-order valence-corrected chi connectivity index (χ0v) is 15.2. The minimum atomic E-state index is 0.582. The van der Waals surface area contributed by atoms with Crippen LogP contribution in [0.1, 0.15) is 35.9 Å². The van der Waals surface area contributed by atoms with Gasteiger partial charge in [0, 0.05) is 25.3 Å². The van der Waals surface area contributed by atoms with E-state index in [0.717, 1.165) is 43.3 Å². The van der Waals surface area contributed by atoms with Gasteiger partial charge in [0.2, 0.25) is 0 Å². The normalized spacial score (nSPS) is 11.2. The minimum Gasteiger partial charge on any atom is -0.357 e. The molecule has 2 N–H and O–H groups in total. The Morgan fingerprint density at radius 2 is 2.00 bits per heavy atom. The maximum Gasteiger partial charge on any atom is 0.191 e. The van der Waals surface area contributed by atoms with Crippen molar-refractivity contribution in [2.24, 2.45) is 4.99 Å². The van der Waals surface area contributed by atoms with Crippen LogP contribution in [0.4, 0.5) is 0 Å². The fourth-order valence-electron chi connectivity index (χ4n) is 2.53. The minimum absolute atomic E-state index is 0.582. The number of nitrogens with one attached hydrogen (secondary N) is 2. The Morgan fingerprint density at radius 3 is 2.60 bits per heavy atom. The molecule has 1 aromatic carbocycles. The first-order valence-corrected chi connectivity index (χ1v) is 8.64. The summed E-state index contributed by atoms with van der Waals surface area (Å²) in [5, 5.41) is 19.9. The molecule has 1 heterocycles. The van der Waals surface area contributed by atoms with Crippen molar-refractivity contribution < 1.29 is 0 Å². The van der Waals surface area contributed by atoms with Crippen molar-refractivity contribution in [1.29, 1.82) is 5.26 Å². The fraction of sp³-hybridized carbons (Fsp3) is 0.421.